The second-order valence-electron chi connectivity index (χ2n) is 7.90. The van der Waals surface area contributed by atoms with Crippen LogP contribution in [0.5, 0.6) is 0 Å². The summed E-state index contributed by atoms with van der Waals surface area (Å²) in [5.41, 5.74) is 1.33. The van der Waals surface area contributed by atoms with Gasteiger partial charge in [-0.2, -0.15) is 9.40 Å². The van der Waals surface area contributed by atoms with Crippen LogP contribution in [-0.4, -0.2) is 71.7 Å². The standard InChI is InChI=1S/C20H30N6O2S/c1-17-20(29(27,28)25-10-6-3-7-11-25)18(2)26(22-17)16-23-12-14-24(15-13-23)19-8-4-5-9-21-19/h4-5,8-9H,3,6-7,10-16H2,1-2H3. The van der Waals surface area contributed by atoms with Gasteiger partial charge in [-0.05, 0) is 38.8 Å². The Labute approximate surface area is 173 Å². The fourth-order valence-corrected chi connectivity index (χ4v) is 6.16. The summed E-state index contributed by atoms with van der Waals surface area (Å²) in [6.45, 7) is 9.10. The summed E-state index contributed by atoms with van der Waals surface area (Å²) in [6, 6.07) is 5.97. The van der Waals surface area contributed by atoms with E-state index in [1.54, 1.807) is 11.2 Å². The average Bonchev–Trinajstić information content (AvgIpc) is 3.03. The van der Waals surface area contributed by atoms with Gasteiger partial charge in [0.2, 0.25) is 10.0 Å². The Morgan fingerprint density at radius 2 is 1.69 bits per heavy atom. The van der Waals surface area contributed by atoms with Gasteiger partial charge < -0.3 is 4.90 Å². The molecule has 2 aromatic heterocycles. The predicted octanol–water partition coefficient (Wildman–Crippen LogP) is 1.85. The maximum Gasteiger partial charge on any atom is 0.246 e. The lowest BCUT2D eigenvalue weighted by atomic mass is 10.2. The van der Waals surface area contributed by atoms with E-state index in [1.165, 1.54) is 0 Å². The molecular formula is C20H30N6O2S. The molecule has 0 aromatic carbocycles. The molecule has 4 heterocycles. The van der Waals surface area contributed by atoms with Crippen LogP contribution in [0.15, 0.2) is 29.3 Å². The van der Waals surface area contributed by atoms with Crippen molar-refractivity contribution in [1.29, 1.82) is 0 Å². The summed E-state index contributed by atoms with van der Waals surface area (Å²) in [5.74, 6) is 1.01. The molecule has 2 fully saturated rings. The van der Waals surface area contributed by atoms with Crippen molar-refractivity contribution in [2.75, 3.05) is 44.2 Å². The molecule has 158 valence electrons. The maximum absolute atomic E-state index is 13.2. The number of aryl methyl sites for hydroxylation is 1. The van der Waals surface area contributed by atoms with E-state index in [2.05, 4.69) is 19.9 Å². The molecule has 2 saturated heterocycles. The van der Waals surface area contributed by atoms with Crippen LogP contribution in [0.3, 0.4) is 0 Å². The molecule has 0 atom stereocenters. The lowest BCUT2D eigenvalue weighted by Gasteiger charge is -2.35. The van der Waals surface area contributed by atoms with Crippen LogP contribution < -0.4 is 4.90 Å². The fraction of sp³-hybridized carbons (Fsp3) is 0.600. The summed E-state index contributed by atoms with van der Waals surface area (Å²) in [6.07, 6.45) is 4.80. The van der Waals surface area contributed by atoms with Crippen molar-refractivity contribution in [3.63, 3.8) is 0 Å². The summed E-state index contributed by atoms with van der Waals surface area (Å²) in [7, 11) is -3.47. The molecule has 0 spiro atoms. The van der Waals surface area contributed by atoms with Crippen molar-refractivity contribution in [3.05, 3.63) is 35.8 Å². The third-order valence-corrected chi connectivity index (χ3v) is 8.06. The van der Waals surface area contributed by atoms with Gasteiger partial charge in [0, 0.05) is 45.5 Å². The van der Waals surface area contributed by atoms with Gasteiger partial charge in [-0.25, -0.2) is 13.4 Å². The molecule has 0 N–H and O–H groups in total. The molecule has 2 aliphatic heterocycles. The second-order valence-corrected chi connectivity index (χ2v) is 9.77. The number of hydrogen-bond donors (Lipinski definition) is 0. The Morgan fingerprint density at radius 1 is 0.966 bits per heavy atom. The summed E-state index contributed by atoms with van der Waals surface area (Å²) >= 11 is 0. The molecule has 2 aliphatic rings. The Bertz CT molecular complexity index is 929. The normalized spacial score (nSPS) is 19.6. The van der Waals surface area contributed by atoms with E-state index in [4.69, 9.17) is 0 Å². The minimum Gasteiger partial charge on any atom is -0.354 e. The first-order valence-corrected chi connectivity index (χ1v) is 11.8. The molecule has 9 heteroatoms. The van der Waals surface area contributed by atoms with E-state index in [1.807, 2.05) is 36.0 Å². The highest BCUT2D eigenvalue weighted by Crippen LogP contribution is 2.26. The lowest BCUT2D eigenvalue weighted by molar-refractivity contribution is 0.193. The number of pyridine rings is 1. The second kappa shape index (κ2) is 8.41. The molecule has 0 amide bonds. The Balaban J connectivity index is 1.45. The number of piperazine rings is 1. The summed E-state index contributed by atoms with van der Waals surface area (Å²) < 4.78 is 29.8. The molecule has 0 aliphatic carbocycles. The van der Waals surface area contributed by atoms with E-state index in [0.717, 1.165) is 57.0 Å². The molecule has 0 saturated carbocycles. The first-order valence-electron chi connectivity index (χ1n) is 10.4. The number of hydrogen-bond acceptors (Lipinski definition) is 6. The number of anilines is 1. The highest BCUT2D eigenvalue weighted by molar-refractivity contribution is 7.89. The van der Waals surface area contributed by atoms with E-state index < -0.39 is 10.0 Å². The molecule has 29 heavy (non-hydrogen) atoms. The van der Waals surface area contributed by atoms with Gasteiger partial charge in [-0.1, -0.05) is 12.5 Å². The Morgan fingerprint density at radius 3 is 2.34 bits per heavy atom. The SMILES string of the molecule is Cc1nn(CN2CCN(c3ccccn3)CC2)c(C)c1S(=O)(=O)N1CCCCC1. The van der Waals surface area contributed by atoms with E-state index >= 15 is 0 Å². The molecular weight excluding hydrogens is 388 g/mol. The minimum absolute atomic E-state index is 0.395. The first-order chi connectivity index (χ1) is 14.0. The van der Waals surface area contributed by atoms with Gasteiger partial charge >= 0.3 is 0 Å². The van der Waals surface area contributed by atoms with Crippen LogP contribution in [-0.2, 0) is 16.7 Å². The molecule has 2 aromatic rings. The quantitative estimate of drug-likeness (QED) is 0.738. The van der Waals surface area contributed by atoms with E-state index in [9.17, 15) is 8.42 Å². The summed E-state index contributed by atoms with van der Waals surface area (Å²) in [5, 5.41) is 4.59. The van der Waals surface area contributed by atoms with E-state index in [0.29, 0.717) is 30.3 Å². The maximum atomic E-state index is 13.2. The van der Waals surface area contributed by atoms with Gasteiger partial charge in [-0.3, -0.25) is 9.58 Å². The van der Waals surface area contributed by atoms with Crippen molar-refractivity contribution in [2.45, 2.75) is 44.7 Å². The summed E-state index contributed by atoms with van der Waals surface area (Å²) in [4.78, 5) is 9.42. The molecule has 8 nitrogen and oxygen atoms in total. The van der Waals surface area contributed by atoms with Crippen LogP contribution in [0.2, 0.25) is 0 Å². The number of nitrogens with zero attached hydrogens (tertiary/aromatic N) is 6. The lowest BCUT2D eigenvalue weighted by Crippen LogP contribution is -2.47. The highest BCUT2D eigenvalue weighted by atomic mass is 32.2. The highest BCUT2D eigenvalue weighted by Gasteiger charge is 2.32. The van der Waals surface area contributed by atoms with Crippen LogP contribution in [0, 0.1) is 13.8 Å². The number of aromatic nitrogens is 3. The van der Waals surface area contributed by atoms with Crippen molar-refractivity contribution < 1.29 is 8.42 Å². The molecule has 0 unspecified atom stereocenters. The Kier molecular flexibility index (Phi) is 5.89. The fourth-order valence-electron chi connectivity index (χ4n) is 4.27. The Hall–Kier alpha value is -1.97. The van der Waals surface area contributed by atoms with Crippen LogP contribution in [0.1, 0.15) is 30.7 Å². The number of sulfonamides is 1. The average molecular weight is 419 g/mol. The third kappa shape index (κ3) is 4.17. The van der Waals surface area contributed by atoms with Crippen molar-refractivity contribution in [2.24, 2.45) is 0 Å². The van der Waals surface area contributed by atoms with Crippen LogP contribution in [0.25, 0.3) is 0 Å². The topological polar surface area (TPSA) is 74.6 Å². The first kappa shape index (κ1) is 20.3. The van der Waals surface area contributed by atoms with Gasteiger partial charge in [0.15, 0.2) is 0 Å². The van der Waals surface area contributed by atoms with Gasteiger partial charge in [0.05, 0.1) is 18.1 Å². The molecule has 4 rings (SSSR count). The largest absolute Gasteiger partial charge is 0.354 e. The van der Waals surface area contributed by atoms with Gasteiger partial charge in [0.1, 0.15) is 10.7 Å². The number of piperidine rings is 1. The molecule has 0 radical (unpaired) electrons. The zero-order valence-electron chi connectivity index (χ0n) is 17.3. The van der Waals surface area contributed by atoms with E-state index in [-0.39, 0.29) is 0 Å². The van der Waals surface area contributed by atoms with Crippen molar-refractivity contribution >= 4 is 15.8 Å². The minimum atomic E-state index is -3.47. The predicted molar refractivity (Wildman–Crippen MR) is 112 cm³/mol. The van der Waals surface area contributed by atoms with Crippen molar-refractivity contribution in [3.8, 4) is 0 Å². The monoisotopic (exact) mass is 418 g/mol. The van der Waals surface area contributed by atoms with Crippen LogP contribution in [0.4, 0.5) is 5.82 Å². The third-order valence-electron chi connectivity index (χ3n) is 5.91. The molecule has 0 bridgehead atoms. The van der Waals surface area contributed by atoms with Gasteiger partial charge in [0.25, 0.3) is 0 Å². The van der Waals surface area contributed by atoms with Crippen LogP contribution >= 0.6 is 0 Å². The zero-order valence-corrected chi connectivity index (χ0v) is 18.1. The van der Waals surface area contributed by atoms with Gasteiger partial charge in [-0.15, -0.1) is 0 Å². The zero-order chi connectivity index (χ0) is 20.4. The smallest absolute Gasteiger partial charge is 0.246 e. The van der Waals surface area contributed by atoms with Crippen molar-refractivity contribution in [1.82, 2.24) is 24.0 Å². The number of rotatable bonds is 5.